The van der Waals surface area contributed by atoms with E-state index in [0.29, 0.717) is 0 Å². The molecular formula is C17H19N3O. The van der Waals surface area contributed by atoms with Crippen molar-refractivity contribution in [2.24, 2.45) is 0 Å². The Labute approximate surface area is 124 Å². The highest BCUT2D eigenvalue weighted by atomic mass is 16.1. The average molecular weight is 281 g/mol. The number of hydrogen-bond donors (Lipinski definition) is 0. The number of Topliss-reactive ketones (excluding diaryl/α,β-unsaturated/α-hetero) is 1. The molecule has 1 unspecified atom stereocenters. The molecule has 2 aromatic rings. The Hall–Kier alpha value is -2.10. The molecule has 4 heteroatoms. The van der Waals surface area contributed by atoms with E-state index in [-0.39, 0.29) is 5.78 Å². The predicted octanol–water partition coefficient (Wildman–Crippen LogP) is 2.83. The molecule has 0 spiro atoms. The number of pyridine rings is 1. The van der Waals surface area contributed by atoms with Crippen LogP contribution in [0, 0.1) is 6.92 Å². The summed E-state index contributed by atoms with van der Waals surface area (Å²) in [5.41, 5.74) is 3.79. The van der Waals surface area contributed by atoms with Crippen molar-refractivity contribution in [2.45, 2.75) is 45.4 Å². The van der Waals surface area contributed by atoms with Crippen molar-refractivity contribution < 1.29 is 4.79 Å². The van der Waals surface area contributed by atoms with Gasteiger partial charge in [-0.05, 0) is 56.9 Å². The van der Waals surface area contributed by atoms with E-state index in [1.807, 2.05) is 39.0 Å². The van der Waals surface area contributed by atoms with Gasteiger partial charge in [0.05, 0.1) is 22.5 Å². The Morgan fingerprint density at radius 3 is 2.71 bits per heavy atom. The number of hydrogen-bond acceptors (Lipinski definition) is 4. The number of carbonyl (C=O) groups excluding carboxylic acids is 1. The van der Waals surface area contributed by atoms with Gasteiger partial charge in [-0.25, -0.2) is 0 Å². The Morgan fingerprint density at radius 2 is 2.05 bits per heavy atom. The third-order valence-electron chi connectivity index (χ3n) is 4.48. The van der Waals surface area contributed by atoms with Crippen molar-refractivity contribution >= 4 is 5.78 Å². The molecule has 0 aliphatic heterocycles. The summed E-state index contributed by atoms with van der Waals surface area (Å²) in [6.45, 7) is 5.98. The van der Waals surface area contributed by atoms with E-state index in [9.17, 15) is 4.79 Å². The van der Waals surface area contributed by atoms with Crippen LogP contribution in [0.1, 0.15) is 53.3 Å². The number of fused-ring (bicyclic) bond motifs is 1. The molecule has 108 valence electrons. The van der Waals surface area contributed by atoms with Crippen LogP contribution >= 0.6 is 0 Å². The maximum Gasteiger partial charge on any atom is 0.176 e. The predicted molar refractivity (Wildman–Crippen MR) is 80.4 cm³/mol. The second kappa shape index (κ2) is 5.02. The number of nitrogens with zero attached hydrogens (tertiary/aromatic N) is 3. The van der Waals surface area contributed by atoms with Crippen LogP contribution < -0.4 is 0 Å². The Kier molecular flexibility index (Phi) is 3.32. The molecule has 21 heavy (non-hydrogen) atoms. The van der Waals surface area contributed by atoms with Gasteiger partial charge in [0.25, 0.3) is 0 Å². The second-order valence-electron chi connectivity index (χ2n) is 5.87. The number of aryl methyl sites for hydroxylation is 3. The molecular weight excluding hydrogens is 262 g/mol. The third kappa shape index (κ3) is 2.15. The van der Waals surface area contributed by atoms with E-state index in [2.05, 4.69) is 15.2 Å². The summed E-state index contributed by atoms with van der Waals surface area (Å²) < 4.78 is 0. The summed E-state index contributed by atoms with van der Waals surface area (Å²) in [6.07, 6.45) is 4.16. The molecule has 0 saturated carbocycles. The number of carbonyl (C=O) groups is 1. The van der Waals surface area contributed by atoms with Gasteiger partial charge in [-0.3, -0.25) is 9.78 Å². The summed E-state index contributed by atoms with van der Waals surface area (Å²) in [5.74, 6) is 0.118. The molecule has 0 aromatic carbocycles. The fraction of sp³-hybridized carbons (Fsp3) is 0.412. The zero-order valence-corrected chi connectivity index (χ0v) is 12.7. The Bertz CT molecular complexity index is 694. The first-order valence-electron chi connectivity index (χ1n) is 7.38. The van der Waals surface area contributed by atoms with Gasteiger partial charge in [-0.1, -0.05) is 6.92 Å². The Balaban J connectivity index is 2.06. The molecule has 0 saturated heterocycles. The lowest BCUT2D eigenvalue weighted by atomic mass is 9.70. The molecule has 3 rings (SSSR count). The second-order valence-corrected chi connectivity index (χ2v) is 5.87. The van der Waals surface area contributed by atoms with Gasteiger partial charge < -0.3 is 0 Å². The van der Waals surface area contributed by atoms with Crippen molar-refractivity contribution in [1.29, 1.82) is 0 Å². The quantitative estimate of drug-likeness (QED) is 0.849. The first-order chi connectivity index (χ1) is 10.1. The van der Waals surface area contributed by atoms with Crippen molar-refractivity contribution in [2.75, 3.05) is 0 Å². The smallest absolute Gasteiger partial charge is 0.176 e. The maximum atomic E-state index is 13.0. The van der Waals surface area contributed by atoms with Crippen LogP contribution in [-0.4, -0.2) is 21.0 Å². The largest absolute Gasteiger partial charge is 0.293 e. The van der Waals surface area contributed by atoms with Crippen LogP contribution in [0.2, 0.25) is 0 Å². The molecule has 1 aliphatic carbocycles. The first-order valence-corrected chi connectivity index (χ1v) is 7.38. The van der Waals surface area contributed by atoms with Gasteiger partial charge in [-0.15, -0.1) is 0 Å². The number of ketones is 1. The van der Waals surface area contributed by atoms with Gasteiger partial charge in [0.15, 0.2) is 5.78 Å². The third-order valence-corrected chi connectivity index (χ3v) is 4.48. The van der Waals surface area contributed by atoms with E-state index in [0.717, 1.165) is 47.5 Å². The zero-order valence-electron chi connectivity index (χ0n) is 12.7. The van der Waals surface area contributed by atoms with Crippen LogP contribution in [0.5, 0.6) is 0 Å². The molecule has 0 bridgehead atoms. The molecule has 2 heterocycles. The average Bonchev–Trinajstić information content (AvgIpc) is 2.51. The van der Waals surface area contributed by atoms with E-state index in [1.165, 1.54) is 0 Å². The fourth-order valence-electron chi connectivity index (χ4n) is 2.96. The first kappa shape index (κ1) is 13.9. The lowest BCUT2D eigenvalue weighted by molar-refractivity contribution is 0.0869. The lowest BCUT2D eigenvalue weighted by Crippen LogP contribution is -2.39. The molecule has 0 amide bonds. The minimum atomic E-state index is -0.597. The molecule has 1 aliphatic rings. The van der Waals surface area contributed by atoms with Crippen LogP contribution in [0.15, 0.2) is 24.4 Å². The normalized spacial score (nSPS) is 21.2. The summed E-state index contributed by atoms with van der Waals surface area (Å²) in [4.78, 5) is 17.4. The number of rotatable bonds is 2. The van der Waals surface area contributed by atoms with E-state index in [1.54, 1.807) is 6.20 Å². The molecule has 0 fully saturated rings. The minimum absolute atomic E-state index is 0.118. The van der Waals surface area contributed by atoms with Crippen LogP contribution in [0.3, 0.4) is 0 Å². The van der Waals surface area contributed by atoms with Gasteiger partial charge in [0.2, 0.25) is 0 Å². The van der Waals surface area contributed by atoms with E-state index in [4.69, 9.17) is 0 Å². The van der Waals surface area contributed by atoms with E-state index >= 15 is 0 Å². The molecule has 0 N–H and O–H groups in total. The monoisotopic (exact) mass is 281 g/mol. The molecule has 1 atom stereocenters. The summed E-state index contributed by atoms with van der Waals surface area (Å²) in [5, 5.41) is 8.52. The number of aromatic nitrogens is 3. The van der Waals surface area contributed by atoms with Gasteiger partial charge in [0, 0.05) is 11.8 Å². The summed E-state index contributed by atoms with van der Waals surface area (Å²) in [7, 11) is 0. The molecule has 4 nitrogen and oxygen atoms in total. The summed E-state index contributed by atoms with van der Waals surface area (Å²) >= 11 is 0. The van der Waals surface area contributed by atoms with Gasteiger partial charge in [0.1, 0.15) is 0 Å². The minimum Gasteiger partial charge on any atom is -0.293 e. The highest BCUT2D eigenvalue weighted by Crippen LogP contribution is 2.37. The van der Waals surface area contributed by atoms with Crippen LogP contribution in [0.4, 0.5) is 0 Å². The van der Waals surface area contributed by atoms with E-state index < -0.39 is 5.41 Å². The highest BCUT2D eigenvalue weighted by molar-refractivity contribution is 6.06. The lowest BCUT2D eigenvalue weighted by Gasteiger charge is -2.32. The van der Waals surface area contributed by atoms with Gasteiger partial charge in [-0.2, -0.15) is 10.2 Å². The topological polar surface area (TPSA) is 55.7 Å². The Morgan fingerprint density at radius 1 is 1.24 bits per heavy atom. The van der Waals surface area contributed by atoms with Crippen LogP contribution in [0.25, 0.3) is 0 Å². The van der Waals surface area contributed by atoms with Crippen molar-refractivity contribution in [3.05, 3.63) is 52.6 Å². The van der Waals surface area contributed by atoms with Crippen molar-refractivity contribution in [3.8, 4) is 0 Å². The molecule has 0 radical (unpaired) electrons. The van der Waals surface area contributed by atoms with Crippen molar-refractivity contribution in [3.63, 3.8) is 0 Å². The SMILES string of the molecule is CCc1ccc(C2(C)CCc3nccc(C)c3C2=O)nn1. The zero-order chi connectivity index (χ0) is 15.0. The van der Waals surface area contributed by atoms with Crippen molar-refractivity contribution in [1.82, 2.24) is 15.2 Å². The van der Waals surface area contributed by atoms with Crippen LogP contribution in [-0.2, 0) is 18.3 Å². The fourth-order valence-corrected chi connectivity index (χ4v) is 2.96. The standard InChI is InChI=1S/C17H19N3O/c1-4-12-5-6-14(20-19-12)17(3)9-7-13-15(16(17)21)11(2)8-10-18-13/h5-6,8,10H,4,7,9H2,1-3H3. The van der Waals surface area contributed by atoms with Gasteiger partial charge >= 0.3 is 0 Å². The summed E-state index contributed by atoms with van der Waals surface area (Å²) in [6, 6.07) is 5.81. The maximum absolute atomic E-state index is 13.0. The highest BCUT2D eigenvalue weighted by Gasteiger charge is 2.42. The molecule has 2 aromatic heterocycles.